The van der Waals surface area contributed by atoms with E-state index in [4.69, 9.17) is 0 Å². The van der Waals surface area contributed by atoms with Gasteiger partial charge in [-0.05, 0) is 18.2 Å². The third kappa shape index (κ3) is 3.21. The van der Waals surface area contributed by atoms with Crippen molar-refractivity contribution >= 4 is 11.8 Å². The van der Waals surface area contributed by atoms with Gasteiger partial charge in [-0.1, -0.05) is 43.3 Å². The number of aryl methyl sites for hydroxylation is 1. The highest BCUT2D eigenvalue weighted by molar-refractivity contribution is 7.99. The maximum Gasteiger partial charge on any atom is 0.198 e. The number of hydrogen-bond acceptors (Lipinski definition) is 5. The molecular formula is C17H16FN5S. The lowest BCUT2D eigenvalue weighted by Gasteiger charge is -2.08. The Hall–Kier alpha value is -2.54. The van der Waals surface area contributed by atoms with Crippen LogP contribution in [-0.2, 0) is 13.0 Å². The Bertz CT molecular complexity index is 847. The first-order valence-corrected chi connectivity index (χ1v) is 8.33. The number of benzene rings is 1. The molecule has 0 amide bonds. The number of aromatic nitrogens is 5. The molecule has 2 heterocycles. The second kappa shape index (κ2) is 7.35. The van der Waals surface area contributed by atoms with Crippen LogP contribution in [0.2, 0.25) is 0 Å². The van der Waals surface area contributed by atoms with E-state index in [9.17, 15) is 4.39 Å². The summed E-state index contributed by atoms with van der Waals surface area (Å²) < 4.78 is 16.3. The molecule has 5 nitrogen and oxygen atoms in total. The number of halogens is 1. The van der Waals surface area contributed by atoms with Crippen molar-refractivity contribution < 1.29 is 4.39 Å². The lowest BCUT2D eigenvalue weighted by atomic mass is 10.2. The van der Waals surface area contributed by atoms with Gasteiger partial charge in [-0.2, -0.15) is 0 Å². The molecule has 7 heteroatoms. The van der Waals surface area contributed by atoms with Crippen LogP contribution in [0, 0.1) is 5.82 Å². The van der Waals surface area contributed by atoms with Crippen molar-refractivity contribution in [1.82, 2.24) is 24.7 Å². The van der Waals surface area contributed by atoms with Crippen LogP contribution in [-0.4, -0.2) is 24.7 Å². The zero-order valence-corrected chi connectivity index (χ0v) is 14.0. The molecule has 0 radical (unpaired) electrons. The molecule has 0 fully saturated rings. The largest absolute Gasteiger partial charge is 0.298 e. The van der Waals surface area contributed by atoms with E-state index in [1.165, 1.54) is 6.33 Å². The molecule has 2 aromatic heterocycles. The van der Waals surface area contributed by atoms with Gasteiger partial charge in [0.1, 0.15) is 11.4 Å². The Morgan fingerprint density at radius 3 is 2.71 bits per heavy atom. The Morgan fingerprint density at radius 1 is 1.21 bits per heavy atom. The highest BCUT2D eigenvalue weighted by Crippen LogP contribution is 2.30. The Labute approximate surface area is 143 Å². The molecule has 0 unspecified atom stereocenters. The van der Waals surface area contributed by atoms with E-state index < -0.39 is 5.82 Å². The fraction of sp³-hybridized carbons (Fsp3) is 0.176. The summed E-state index contributed by atoms with van der Waals surface area (Å²) in [4.78, 5) is 7.99. The maximum atomic E-state index is 14.4. The first-order chi connectivity index (χ1) is 11.7. The van der Waals surface area contributed by atoms with Crippen LogP contribution in [0.5, 0.6) is 0 Å². The van der Waals surface area contributed by atoms with E-state index in [-0.39, 0.29) is 5.03 Å². The number of nitrogens with zero attached hydrogens (tertiary/aromatic N) is 5. The van der Waals surface area contributed by atoms with Crippen molar-refractivity contribution in [3.63, 3.8) is 0 Å². The Kier molecular flexibility index (Phi) is 5.00. The highest BCUT2D eigenvalue weighted by atomic mass is 32.2. The molecule has 3 aromatic rings. The van der Waals surface area contributed by atoms with Gasteiger partial charge in [0.15, 0.2) is 16.8 Å². The van der Waals surface area contributed by atoms with Gasteiger partial charge in [-0.25, -0.2) is 14.4 Å². The molecule has 0 saturated heterocycles. The van der Waals surface area contributed by atoms with Crippen LogP contribution in [0.1, 0.15) is 12.6 Å². The molecule has 0 saturated carbocycles. The predicted molar refractivity (Wildman–Crippen MR) is 91.1 cm³/mol. The zero-order valence-electron chi connectivity index (χ0n) is 13.2. The van der Waals surface area contributed by atoms with Gasteiger partial charge in [0, 0.05) is 12.1 Å². The summed E-state index contributed by atoms with van der Waals surface area (Å²) in [5.74, 6) is 0.308. The van der Waals surface area contributed by atoms with Crippen molar-refractivity contribution in [2.24, 2.45) is 0 Å². The highest BCUT2D eigenvalue weighted by Gasteiger charge is 2.18. The smallest absolute Gasteiger partial charge is 0.198 e. The number of allylic oxidation sites excluding steroid dienone is 1. The molecule has 0 aliphatic heterocycles. The van der Waals surface area contributed by atoms with Crippen LogP contribution in [0.25, 0.3) is 11.4 Å². The van der Waals surface area contributed by atoms with Gasteiger partial charge >= 0.3 is 0 Å². The molecule has 0 N–H and O–H groups in total. The summed E-state index contributed by atoms with van der Waals surface area (Å²) in [6.07, 6.45) is 3.64. The third-order valence-corrected chi connectivity index (χ3v) is 4.38. The van der Waals surface area contributed by atoms with Gasteiger partial charge in [0.2, 0.25) is 0 Å². The van der Waals surface area contributed by atoms with E-state index in [2.05, 4.69) is 26.7 Å². The van der Waals surface area contributed by atoms with Crippen molar-refractivity contribution in [3.8, 4) is 11.4 Å². The predicted octanol–water partition coefficient (Wildman–Crippen LogP) is 3.77. The second-order valence-corrected chi connectivity index (χ2v) is 5.92. The first kappa shape index (κ1) is 16.3. The van der Waals surface area contributed by atoms with Gasteiger partial charge in [-0.3, -0.25) is 4.57 Å². The molecule has 0 bridgehead atoms. The Morgan fingerprint density at radius 2 is 2.00 bits per heavy atom. The summed E-state index contributed by atoms with van der Waals surface area (Å²) in [6, 6.07) is 9.73. The van der Waals surface area contributed by atoms with Crippen LogP contribution < -0.4 is 0 Å². The first-order valence-electron chi connectivity index (χ1n) is 7.51. The number of hydrogen-bond donors (Lipinski definition) is 0. The monoisotopic (exact) mass is 341 g/mol. The lowest BCUT2D eigenvalue weighted by Crippen LogP contribution is -2.02. The second-order valence-electron chi connectivity index (χ2n) is 4.97. The lowest BCUT2D eigenvalue weighted by molar-refractivity contribution is 0.558. The van der Waals surface area contributed by atoms with Crippen LogP contribution in [0.15, 0.2) is 59.5 Å². The summed E-state index contributed by atoms with van der Waals surface area (Å²) in [7, 11) is 0. The van der Waals surface area contributed by atoms with Gasteiger partial charge in [0.25, 0.3) is 0 Å². The minimum atomic E-state index is -0.403. The molecule has 122 valence electrons. The number of rotatable bonds is 6. The van der Waals surface area contributed by atoms with E-state index in [1.807, 2.05) is 41.8 Å². The molecule has 24 heavy (non-hydrogen) atoms. The average Bonchev–Trinajstić information content (AvgIpc) is 3.00. The van der Waals surface area contributed by atoms with E-state index in [0.29, 0.717) is 29.6 Å². The van der Waals surface area contributed by atoms with E-state index in [1.54, 1.807) is 6.08 Å². The molecule has 3 rings (SSSR count). The fourth-order valence-corrected chi connectivity index (χ4v) is 3.08. The topological polar surface area (TPSA) is 56.5 Å². The van der Waals surface area contributed by atoms with Gasteiger partial charge in [-0.15, -0.1) is 16.8 Å². The maximum absolute atomic E-state index is 14.4. The molecule has 0 spiro atoms. The van der Waals surface area contributed by atoms with Gasteiger partial charge < -0.3 is 0 Å². The van der Waals surface area contributed by atoms with Crippen LogP contribution >= 0.6 is 11.8 Å². The summed E-state index contributed by atoms with van der Waals surface area (Å²) in [5, 5.41) is 9.27. The van der Waals surface area contributed by atoms with Crippen LogP contribution in [0.3, 0.4) is 0 Å². The Balaban J connectivity index is 2.00. The van der Waals surface area contributed by atoms with Crippen molar-refractivity contribution in [1.29, 1.82) is 0 Å². The molecular weight excluding hydrogens is 325 g/mol. The van der Waals surface area contributed by atoms with Crippen molar-refractivity contribution in [2.45, 2.75) is 30.1 Å². The molecule has 1 aromatic carbocycles. The molecule has 0 aliphatic rings. The van der Waals surface area contributed by atoms with Crippen molar-refractivity contribution in [3.05, 3.63) is 60.8 Å². The standard InChI is InChI=1S/C17H16FN5S/c1-3-10-23-15(12-8-6-5-7-9-12)21-22-17(23)24-16-14(18)13(4-2)19-11-20-16/h3,5-9,11H,1,4,10H2,2H3. The summed E-state index contributed by atoms with van der Waals surface area (Å²) >= 11 is 1.14. The van der Waals surface area contributed by atoms with E-state index in [0.717, 1.165) is 17.3 Å². The van der Waals surface area contributed by atoms with E-state index >= 15 is 0 Å². The zero-order chi connectivity index (χ0) is 16.9. The minimum absolute atomic E-state index is 0.249. The van der Waals surface area contributed by atoms with Gasteiger partial charge in [0.05, 0.1) is 5.69 Å². The average molecular weight is 341 g/mol. The SMILES string of the molecule is C=CCn1c(Sc2ncnc(CC)c2F)nnc1-c1ccccc1. The quantitative estimate of drug-likeness (QED) is 0.504. The minimum Gasteiger partial charge on any atom is -0.298 e. The molecule has 0 atom stereocenters. The normalized spacial score (nSPS) is 10.8. The molecule has 0 aliphatic carbocycles. The van der Waals surface area contributed by atoms with Crippen molar-refractivity contribution in [2.75, 3.05) is 0 Å². The van der Waals surface area contributed by atoms with Crippen LogP contribution in [0.4, 0.5) is 4.39 Å². The summed E-state index contributed by atoms with van der Waals surface area (Å²) in [6.45, 7) is 6.15. The summed E-state index contributed by atoms with van der Waals surface area (Å²) in [5.41, 5.74) is 1.33. The third-order valence-electron chi connectivity index (χ3n) is 3.41. The fourth-order valence-electron chi connectivity index (χ4n) is 2.25.